The van der Waals surface area contributed by atoms with Gasteiger partial charge in [0, 0.05) is 11.8 Å². The Morgan fingerprint density at radius 2 is 1.73 bits per heavy atom. The molecule has 6 nitrogen and oxygen atoms in total. The molecule has 0 radical (unpaired) electrons. The molecule has 0 aliphatic rings. The summed E-state index contributed by atoms with van der Waals surface area (Å²) in [5.74, 6) is -3.70. The maximum atomic E-state index is 14.3. The second kappa shape index (κ2) is 7.64. The van der Waals surface area contributed by atoms with Crippen molar-refractivity contribution in [2.45, 2.75) is 6.54 Å². The first-order valence-corrected chi connectivity index (χ1v) is 9.47. The molecule has 0 aliphatic carbocycles. The lowest BCUT2D eigenvalue weighted by molar-refractivity contribution is -0.116. The van der Waals surface area contributed by atoms with Gasteiger partial charge in [0.2, 0.25) is 5.91 Å². The number of carbonyl (C=O) groups is 1. The molecular formula is C20H12F3N3O3S. The molecule has 0 atom stereocenters. The second-order valence-corrected chi connectivity index (χ2v) is 7.19. The van der Waals surface area contributed by atoms with Crippen LogP contribution in [-0.4, -0.2) is 15.0 Å². The summed E-state index contributed by atoms with van der Waals surface area (Å²) in [6.07, 6.45) is 0. The van der Waals surface area contributed by atoms with Crippen molar-refractivity contribution < 1.29 is 18.0 Å². The Hall–Kier alpha value is -3.66. The van der Waals surface area contributed by atoms with E-state index in [-0.39, 0.29) is 21.6 Å². The molecule has 10 heteroatoms. The number of rotatable bonds is 4. The minimum absolute atomic E-state index is 0.00376. The molecule has 2 aromatic carbocycles. The molecular weight excluding hydrogens is 419 g/mol. The lowest BCUT2D eigenvalue weighted by Gasteiger charge is -2.13. The molecule has 0 bridgehead atoms. The van der Waals surface area contributed by atoms with E-state index in [1.807, 2.05) is 0 Å². The maximum absolute atomic E-state index is 14.3. The Balaban J connectivity index is 1.79. The van der Waals surface area contributed by atoms with Crippen LogP contribution in [0.3, 0.4) is 0 Å². The molecule has 0 saturated carbocycles. The molecule has 0 spiro atoms. The fourth-order valence-electron chi connectivity index (χ4n) is 3.00. The molecule has 4 rings (SSSR count). The topological polar surface area (TPSA) is 73.1 Å². The first-order chi connectivity index (χ1) is 14.4. The number of hydrogen-bond donors (Lipinski definition) is 1. The van der Waals surface area contributed by atoms with Crippen molar-refractivity contribution in [3.05, 3.63) is 92.2 Å². The fourth-order valence-corrected chi connectivity index (χ4v) is 3.83. The van der Waals surface area contributed by atoms with Crippen LogP contribution in [0, 0.1) is 17.5 Å². The summed E-state index contributed by atoms with van der Waals surface area (Å²) < 4.78 is 42.5. The van der Waals surface area contributed by atoms with Gasteiger partial charge in [-0.1, -0.05) is 12.1 Å². The van der Waals surface area contributed by atoms with Crippen molar-refractivity contribution in [2.75, 3.05) is 5.32 Å². The Labute approximate surface area is 170 Å². The highest BCUT2D eigenvalue weighted by molar-refractivity contribution is 7.17. The Bertz CT molecular complexity index is 1410. The highest BCUT2D eigenvalue weighted by Crippen LogP contribution is 2.18. The summed E-state index contributed by atoms with van der Waals surface area (Å²) in [4.78, 5) is 38.2. The normalized spacial score (nSPS) is 11.0. The van der Waals surface area contributed by atoms with E-state index in [1.54, 1.807) is 5.38 Å². The molecule has 4 aromatic rings. The van der Waals surface area contributed by atoms with Crippen LogP contribution >= 0.6 is 11.3 Å². The zero-order valence-electron chi connectivity index (χ0n) is 15.1. The smallest absolute Gasteiger partial charge is 0.324 e. The number of nitrogens with zero attached hydrogens (tertiary/aromatic N) is 2. The first kappa shape index (κ1) is 19.6. The highest BCUT2D eigenvalue weighted by atomic mass is 32.1. The largest absolute Gasteiger partial charge is 0.336 e. The summed E-state index contributed by atoms with van der Waals surface area (Å²) in [6.45, 7) is -0.528. The average molecular weight is 431 g/mol. The van der Waals surface area contributed by atoms with E-state index in [9.17, 15) is 27.6 Å². The van der Waals surface area contributed by atoms with Gasteiger partial charge in [0.1, 0.15) is 17.1 Å². The number of hydrogen-bond acceptors (Lipinski definition) is 4. The van der Waals surface area contributed by atoms with E-state index in [1.165, 1.54) is 30.3 Å². The number of halogens is 3. The molecule has 1 N–H and O–H groups in total. The van der Waals surface area contributed by atoms with Crippen LogP contribution in [0.2, 0.25) is 0 Å². The molecule has 30 heavy (non-hydrogen) atoms. The molecule has 0 unspecified atom stereocenters. The average Bonchev–Trinajstić information content (AvgIpc) is 3.20. The number of aromatic nitrogens is 2. The van der Waals surface area contributed by atoms with Crippen LogP contribution in [0.25, 0.3) is 15.9 Å². The minimum atomic E-state index is -1.14. The summed E-state index contributed by atoms with van der Waals surface area (Å²) in [5.41, 5.74) is -1.64. The van der Waals surface area contributed by atoms with E-state index in [0.717, 1.165) is 34.1 Å². The van der Waals surface area contributed by atoms with Crippen LogP contribution in [0.1, 0.15) is 0 Å². The van der Waals surface area contributed by atoms with Gasteiger partial charge in [-0.25, -0.2) is 22.5 Å². The third-order valence-electron chi connectivity index (χ3n) is 4.35. The van der Waals surface area contributed by atoms with E-state index in [0.29, 0.717) is 4.57 Å². The quantitative estimate of drug-likeness (QED) is 0.539. The number of fused-ring (bicyclic) bond motifs is 1. The van der Waals surface area contributed by atoms with Crippen LogP contribution in [0.5, 0.6) is 0 Å². The third-order valence-corrected chi connectivity index (χ3v) is 5.24. The van der Waals surface area contributed by atoms with Gasteiger partial charge >= 0.3 is 5.69 Å². The number of carbonyl (C=O) groups excluding carboxylic acids is 1. The molecule has 152 valence electrons. The number of benzene rings is 2. The van der Waals surface area contributed by atoms with Crippen molar-refractivity contribution in [3.8, 4) is 5.69 Å². The van der Waals surface area contributed by atoms with Gasteiger partial charge in [-0.3, -0.25) is 14.2 Å². The molecule has 0 fully saturated rings. The number of amides is 1. The number of para-hydroxylation sites is 1. The molecule has 0 saturated heterocycles. The van der Waals surface area contributed by atoms with Crippen molar-refractivity contribution in [1.82, 2.24) is 9.13 Å². The third kappa shape index (κ3) is 3.41. The van der Waals surface area contributed by atoms with E-state index >= 15 is 0 Å². The van der Waals surface area contributed by atoms with Gasteiger partial charge in [-0.05, 0) is 35.7 Å². The molecule has 0 aliphatic heterocycles. The van der Waals surface area contributed by atoms with Crippen LogP contribution in [0.15, 0.2) is 63.5 Å². The van der Waals surface area contributed by atoms with Gasteiger partial charge in [0.25, 0.3) is 5.56 Å². The predicted octanol–water partition coefficient (Wildman–Crippen LogP) is 3.27. The van der Waals surface area contributed by atoms with Crippen molar-refractivity contribution in [2.24, 2.45) is 0 Å². The molecule has 1 amide bonds. The van der Waals surface area contributed by atoms with Crippen molar-refractivity contribution >= 4 is 33.1 Å². The van der Waals surface area contributed by atoms with E-state index < -0.39 is 41.2 Å². The van der Waals surface area contributed by atoms with Gasteiger partial charge < -0.3 is 5.32 Å². The number of nitrogens with one attached hydrogen (secondary N) is 1. The SMILES string of the molecule is O=C(Cn1c(=O)n(-c2ccccc2F)c(=O)c2sccc21)Nc1ccc(F)c(F)c1. The first-order valence-electron chi connectivity index (χ1n) is 8.59. The Kier molecular flexibility index (Phi) is 5.00. The highest BCUT2D eigenvalue weighted by Gasteiger charge is 2.19. The molecule has 2 aromatic heterocycles. The maximum Gasteiger partial charge on any atom is 0.336 e. The van der Waals surface area contributed by atoms with Crippen LogP contribution in [0.4, 0.5) is 18.9 Å². The Morgan fingerprint density at radius 1 is 0.967 bits per heavy atom. The monoisotopic (exact) mass is 431 g/mol. The van der Waals surface area contributed by atoms with E-state index in [2.05, 4.69) is 5.32 Å². The van der Waals surface area contributed by atoms with Crippen LogP contribution in [-0.2, 0) is 11.3 Å². The van der Waals surface area contributed by atoms with Crippen molar-refractivity contribution in [3.63, 3.8) is 0 Å². The van der Waals surface area contributed by atoms with Gasteiger partial charge in [-0.15, -0.1) is 11.3 Å². The van der Waals surface area contributed by atoms with Crippen molar-refractivity contribution in [1.29, 1.82) is 0 Å². The van der Waals surface area contributed by atoms with Gasteiger partial charge in [0.15, 0.2) is 11.6 Å². The number of anilines is 1. The van der Waals surface area contributed by atoms with E-state index in [4.69, 9.17) is 0 Å². The predicted molar refractivity (Wildman–Crippen MR) is 107 cm³/mol. The summed E-state index contributed by atoms with van der Waals surface area (Å²) in [5, 5.41) is 3.93. The van der Waals surface area contributed by atoms with Gasteiger partial charge in [-0.2, -0.15) is 0 Å². The fraction of sp³-hybridized carbons (Fsp3) is 0.0500. The van der Waals surface area contributed by atoms with Crippen LogP contribution < -0.4 is 16.6 Å². The standard InChI is InChI=1S/C20H12F3N3O3S/c21-12-6-5-11(9-14(12)23)24-17(27)10-25-16-7-8-30-18(16)19(28)26(20(25)29)15-4-2-1-3-13(15)22/h1-9H,10H2,(H,24,27). The number of thiophene rings is 1. The zero-order chi connectivity index (χ0) is 21.4. The summed E-state index contributed by atoms with van der Waals surface area (Å²) in [7, 11) is 0. The zero-order valence-corrected chi connectivity index (χ0v) is 15.9. The lowest BCUT2D eigenvalue weighted by atomic mass is 10.3. The summed E-state index contributed by atoms with van der Waals surface area (Å²) >= 11 is 1.05. The summed E-state index contributed by atoms with van der Waals surface area (Å²) in [6, 6.07) is 9.61. The lowest BCUT2D eigenvalue weighted by Crippen LogP contribution is -2.40. The second-order valence-electron chi connectivity index (χ2n) is 6.27. The Morgan fingerprint density at radius 3 is 2.47 bits per heavy atom. The van der Waals surface area contributed by atoms with Gasteiger partial charge in [0.05, 0.1) is 11.2 Å². The minimum Gasteiger partial charge on any atom is -0.324 e. The molecule has 2 heterocycles.